The van der Waals surface area contributed by atoms with Gasteiger partial charge < -0.3 is 10.1 Å². The van der Waals surface area contributed by atoms with Crippen LogP contribution in [0.1, 0.15) is 45.1 Å². The van der Waals surface area contributed by atoms with E-state index in [-0.39, 0.29) is 6.17 Å². The Balaban J connectivity index is 1.00. The van der Waals surface area contributed by atoms with Crippen molar-refractivity contribution in [2.45, 2.75) is 11.6 Å². The summed E-state index contributed by atoms with van der Waals surface area (Å²) in [5.41, 5.74) is 16.9. The lowest BCUT2D eigenvalue weighted by molar-refractivity contribution is 0.436. The van der Waals surface area contributed by atoms with E-state index in [0.717, 1.165) is 67.4 Å². The van der Waals surface area contributed by atoms with Crippen molar-refractivity contribution in [3.05, 3.63) is 245 Å². The predicted octanol–water partition coefficient (Wildman–Crippen LogP) is 12.6. The normalized spacial score (nSPS) is 15.6. The van der Waals surface area contributed by atoms with Crippen LogP contribution in [0.5, 0.6) is 11.5 Å². The zero-order valence-electron chi connectivity index (χ0n) is 30.6. The minimum atomic E-state index is -0.500. The Morgan fingerprint density at radius 3 is 1.62 bits per heavy atom. The highest BCUT2D eigenvalue weighted by Gasteiger charge is 2.51. The monoisotopic (exact) mass is 716 g/mol. The Kier molecular flexibility index (Phi) is 7.46. The third-order valence-electron chi connectivity index (χ3n) is 11.6. The number of rotatable bonds is 5. The first-order valence-corrected chi connectivity index (χ1v) is 19.2. The summed E-state index contributed by atoms with van der Waals surface area (Å²) < 4.78 is 6.70. The first-order chi connectivity index (χ1) is 27.7. The number of hydrogen-bond donors (Lipinski definition) is 1. The molecule has 56 heavy (non-hydrogen) atoms. The standard InChI is InChI=1S/C53H36N2O/c1-3-15-35(16-4-1)48-34-49(55-52(54-48)36-17-5-2-6-18-36)41-22-14-21-39(32-41)37-19-13-20-38(31-37)40-29-30-51-47(33-40)53(46-27-11-12-28-50(46)56-51)44-25-9-7-23-42(44)43-24-8-10-26-45(43)53/h1-34,52,55H. The molecule has 0 aromatic heterocycles. The Morgan fingerprint density at radius 2 is 0.929 bits per heavy atom. The number of ether oxygens (including phenoxy) is 1. The van der Waals surface area contributed by atoms with Crippen LogP contribution in [0, 0.1) is 0 Å². The number of allylic oxidation sites excluding steroid dienone is 1. The minimum absolute atomic E-state index is 0.194. The molecule has 1 N–H and O–H groups in total. The van der Waals surface area contributed by atoms with E-state index in [1.165, 1.54) is 27.8 Å². The van der Waals surface area contributed by atoms with Crippen LogP contribution < -0.4 is 10.1 Å². The fourth-order valence-corrected chi connectivity index (χ4v) is 9.04. The van der Waals surface area contributed by atoms with Crippen LogP contribution in [-0.4, -0.2) is 5.71 Å². The van der Waals surface area contributed by atoms with Gasteiger partial charge in [-0.3, -0.25) is 4.99 Å². The van der Waals surface area contributed by atoms with Gasteiger partial charge in [-0.15, -0.1) is 0 Å². The van der Waals surface area contributed by atoms with Crippen LogP contribution >= 0.6 is 0 Å². The molecule has 0 radical (unpaired) electrons. The van der Waals surface area contributed by atoms with Crippen molar-refractivity contribution in [1.29, 1.82) is 0 Å². The summed E-state index contributed by atoms with van der Waals surface area (Å²) in [6.45, 7) is 0. The highest BCUT2D eigenvalue weighted by molar-refractivity contribution is 6.13. The summed E-state index contributed by atoms with van der Waals surface area (Å²) in [5, 5.41) is 3.74. The van der Waals surface area contributed by atoms with Crippen LogP contribution in [0.15, 0.2) is 211 Å². The third kappa shape index (κ3) is 5.09. The number of aliphatic imine (C=N–C) groups is 1. The largest absolute Gasteiger partial charge is 0.457 e. The van der Waals surface area contributed by atoms with Crippen LogP contribution in [-0.2, 0) is 5.41 Å². The van der Waals surface area contributed by atoms with E-state index in [9.17, 15) is 0 Å². The molecule has 3 heteroatoms. The van der Waals surface area contributed by atoms with Crippen molar-refractivity contribution in [3.63, 3.8) is 0 Å². The SMILES string of the molecule is C1=C(c2cccc(-c3cccc(-c4ccc5c(c4)C4(c6ccccc6O5)c5ccccc5-c5ccccc54)c3)c2)NC(c2ccccc2)N=C1c1ccccc1. The molecule has 0 fully saturated rings. The highest BCUT2D eigenvalue weighted by Crippen LogP contribution is 2.62. The molecule has 0 saturated carbocycles. The second-order valence-corrected chi connectivity index (χ2v) is 14.7. The summed E-state index contributed by atoms with van der Waals surface area (Å²) in [6.07, 6.45) is 1.98. The van der Waals surface area contributed by atoms with Crippen molar-refractivity contribution in [2.24, 2.45) is 4.99 Å². The summed E-state index contributed by atoms with van der Waals surface area (Å²) in [5.74, 6) is 1.80. The van der Waals surface area contributed by atoms with Gasteiger partial charge in [0.1, 0.15) is 17.7 Å². The number of nitrogens with one attached hydrogen (secondary N) is 1. The second-order valence-electron chi connectivity index (χ2n) is 14.7. The van der Waals surface area contributed by atoms with Gasteiger partial charge >= 0.3 is 0 Å². The number of hydrogen-bond acceptors (Lipinski definition) is 3. The van der Waals surface area contributed by atoms with Crippen LogP contribution in [0.3, 0.4) is 0 Å². The Morgan fingerprint density at radius 1 is 0.411 bits per heavy atom. The lowest BCUT2D eigenvalue weighted by atomic mass is 9.66. The van der Waals surface area contributed by atoms with E-state index in [1.54, 1.807) is 0 Å². The lowest BCUT2D eigenvalue weighted by Gasteiger charge is -2.39. The summed E-state index contributed by atoms with van der Waals surface area (Å²) >= 11 is 0. The van der Waals surface area contributed by atoms with E-state index in [0.29, 0.717) is 0 Å². The molecular weight excluding hydrogens is 681 g/mol. The lowest BCUT2D eigenvalue weighted by Crippen LogP contribution is -2.32. The molecule has 11 rings (SSSR count). The summed E-state index contributed by atoms with van der Waals surface area (Å²) in [7, 11) is 0. The second kappa shape index (κ2) is 13.0. The van der Waals surface area contributed by atoms with Crippen molar-refractivity contribution in [3.8, 4) is 44.9 Å². The maximum atomic E-state index is 6.70. The maximum Gasteiger partial charge on any atom is 0.145 e. The van der Waals surface area contributed by atoms with Gasteiger partial charge in [-0.05, 0) is 97.6 Å². The molecule has 3 nitrogen and oxygen atoms in total. The minimum Gasteiger partial charge on any atom is -0.457 e. The number of benzene rings is 8. The van der Waals surface area contributed by atoms with Gasteiger partial charge in [0.15, 0.2) is 0 Å². The molecule has 1 unspecified atom stereocenters. The molecule has 1 aliphatic carbocycles. The van der Waals surface area contributed by atoms with E-state index in [4.69, 9.17) is 9.73 Å². The molecular formula is C53H36N2O. The Hall–Kier alpha value is -7.23. The van der Waals surface area contributed by atoms with Crippen LogP contribution in [0.25, 0.3) is 39.1 Å². The van der Waals surface area contributed by atoms with E-state index in [1.807, 2.05) is 12.1 Å². The van der Waals surface area contributed by atoms with Crippen molar-refractivity contribution in [1.82, 2.24) is 5.32 Å². The first-order valence-electron chi connectivity index (χ1n) is 19.2. The molecule has 2 heterocycles. The summed E-state index contributed by atoms with van der Waals surface area (Å²) in [6, 6.07) is 71.6. The highest BCUT2D eigenvalue weighted by atomic mass is 16.5. The topological polar surface area (TPSA) is 33.6 Å². The number of para-hydroxylation sites is 1. The molecule has 0 bridgehead atoms. The number of fused-ring (bicyclic) bond motifs is 9. The number of nitrogens with zero attached hydrogens (tertiary/aromatic N) is 1. The van der Waals surface area contributed by atoms with Crippen LogP contribution in [0.2, 0.25) is 0 Å². The van der Waals surface area contributed by atoms with Crippen molar-refractivity contribution in [2.75, 3.05) is 0 Å². The quantitative estimate of drug-likeness (QED) is 0.192. The fourth-order valence-electron chi connectivity index (χ4n) is 9.04. The van der Waals surface area contributed by atoms with Crippen molar-refractivity contribution < 1.29 is 4.74 Å². The molecule has 0 saturated heterocycles. The molecule has 8 aromatic rings. The summed E-state index contributed by atoms with van der Waals surface area (Å²) in [4.78, 5) is 5.14. The van der Waals surface area contributed by atoms with Crippen molar-refractivity contribution >= 4 is 11.4 Å². The molecule has 0 amide bonds. The van der Waals surface area contributed by atoms with Gasteiger partial charge in [0.2, 0.25) is 0 Å². The Bertz CT molecular complexity index is 2830. The van der Waals surface area contributed by atoms with Gasteiger partial charge in [0, 0.05) is 16.8 Å². The van der Waals surface area contributed by atoms with Gasteiger partial charge in [0.25, 0.3) is 0 Å². The van der Waals surface area contributed by atoms with Gasteiger partial charge in [-0.25, -0.2) is 0 Å². The fraction of sp³-hybridized carbons (Fsp3) is 0.0377. The molecule has 2 aliphatic heterocycles. The average Bonchev–Trinajstić information content (AvgIpc) is 3.57. The van der Waals surface area contributed by atoms with Gasteiger partial charge in [0.05, 0.1) is 11.1 Å². The molecule has 8 aromatic carbocycles. The molecule has 1 atom stereocenters. The predicted molar refractivity (Wildman–Crippen MR) is 228 cm³/mol. The smallest absolute Gasteiger partial charge is 0.145 e. The third-order valence-corrected chi connectivity index (χ3v) is 11.6. The molecule has 1 spiro atoms. The Labute approximate surface area is 327 Å². The van der Waals surface area contributed by atoms with Crippen LogP contribution in [0.4, 0.5) is 0 Å². The van der Waals surface area contributed by atoms with E-state index in [2.05, 4.69) is 199 Å². The zero-order valence-corrected chi connectivity index (χ0v) is 30.6. The van der Waals surface area contributed by atoms with E-state index < -0.39 is 5.41 Å². The van der Waals surface area contributed by atoms with Gasteiger partial charge in [-0.1, -0.05) is 170 Å². The average molecular weight is 717 g/mol. The zero-order chi connectivity index (χ0) is 37.1. The molecule has 264 valence electrons. The van der Waals surface area contributed by atoms with E-state index >= 15 is 0 Å². The molecule has 3 aliphatic rings. The van der Waals surface area contributed by atoms with Gasteiger partial charge in [-0.2, -0.15) is 0 Å². The first kappa shape index (κ1) is 32.2. The maximum absolute atomic E-state index is 6.70.